The Morgan fingerprint density at radius 2 is 2.00 bits per heavy atom. The average molecular weight is 516 g/mol. The van der Waals surface area contributed by atoms with Crippen LogP contribution in [0.2, 0.25) is 0 Å². The van der Waals surface area contributed by atoms with Crippen molar-refractivity contribution in [2.75, 3.05) is 26.8 Å². The lowest BCUT2D eigenvalue weighted by molar-refractivity contribution is 0.310. The van der Waals surface area contributed by atoms with Gasteiger partial charge in [0.25, 0.3) is 0 Å². The summed E-state index contributed by atoms with van der Waals surface area (Å²) in [5, 5.41) is 14.7. The van der Waals surface area contributed by atoms with E-state index in [-0.39, 0.29) is 24.0 Å². The Labute approximate surface area is 190 Å². The lowest BCUT2D eigenvalue weighted by Crippen LogP contribution is -2.38. The zero-order valence-corrected chi connectivity index (χ0v) is 20.1. The summed E-state index contributed by atoms with van der Waals surface area (Å²) in [5.74, 6) is 3.22. The van der Waals surface area contributed by atoms with Gasteiger partial charge in [-0.1, -0.05) is 6.07 Å². The first kappa shape index (κ1) is 25.0. The summed E-state index contributed by atoms with van der Waals surface area (Å²) in [6, 6.07) is 6.10. The third-order valence-electron chi connectivity index (χ3n) is 4.22. The number of ether oxygens (including phenoxy) is 2. The normalized spacial score (nSPS) is 11.0. The second-order valence-electron chi connectivity index (χ2n) is 6.18. The molecule has 1 aromatic carbocycles. The molecule has 9 heteroatoms. The van der Waals surface area contributed by atoms with Crippen LogP contribution < -0.4 is 20.1 Å². The van der Waals surface area contributed by atoms with E-state index >= 15 is 0 Å². The van der Waals surface area contributed by atoms with E-state index in [4.69, 9.17) is 9.47 Å². The standard InChI is InChI=1S/C20H32N6O2.HI/c1-5-21-20(23-14-19-25-24-15-26(19)6-2)22-12-8-9-16-10-11-17(27-4)18(13-16)28-7-3;/h10-11,13,15H,5-9,12,14H2,1-4H3,(H2,21,22,23);1H. The summed E-state index contributed by atoms with van der Waals surface area (Å²) in [6.07, 6.45) is 3.66. The molecule has 0 radical (unpaired) electrons. The second-order valence-corrected chi connectivity index (χ2v) is 6.18. The average Bonchev–Trinajstić information content (AvgIpc) is 3.17. The molecule has 0 atom stereocenters. The first-order valence-electron chi connectivity index (χ1n) is 9.90. The van der Waals surface area contributed by atoms with E-state index in [1.165, 1.54) is 5.56 Å². The monoisotopic (exact) mass is 516 g/mol. The predicted octanol–water partition coefficient (Wildman–Crippen LogP) is 3.01. The summed E-state index contributed by atoms with van der Waals surface area (Å²) in [4.78, 5) is 4.60. The molecule has 0 aliphatic rings. The quantitative estimate of drug-likeness (QED) is 0.207. The maximum absolute atomic E-state index is 5.65. The molecule has 2 aromatic rings. The van der Waals surface area contributed by atoms with Crippen LogP contribution in [-0.4, -0.2) is 47.5 Å². The zero-order valence-electron chi connectivity index (χ0n) is 17.8. The minimum absolute atomic E-state index is 0. The summed E-state index contributed by atoms with van der Waals surface area (Å²) in [6.45, 7) is 9.68. The van der Waals surface area contributed by atoms with Gasteiger partial charge in [0, 0.05) is 19.6 Å². The molecular formula is C20H33IN6O2. The predicted molar refractivity (Wildman–Crippen MR) is 126 cm³/mol. The molecule has 29 heavy (non-hydrogen) atoms. The van der Waals surface area contributed by atoms with Gasteiger partial charge in [-0.3, -0.25) is 0 Å². The number of hydrogen-bond donors (Lipinski definition) is 2. The van der Waals surface area contributed by atoms with Crippen LogP contribution >= 0.6 is 24.0 Å². The first-order valence-corrected chi connectivity index (χ1v) is 9.90. The van der Waals surface area contributed by atoms with Gasteiger partial charge >= 0.3 is 0 Å². The highest BCUT2D eigenvalue weighted by atomic mass is 127. The van der Waals surface area contributed by atoms with Gasteiger partial charge in [-0.25, -0.2) is 4.99 Å². The fraction of sp³-hybridized carbons (Fsp3) is 0.550. The maximum atomic E-state index is 5.65. The largest absolute Gasteiger partial charge is 0.493 e. The van der Waals surface area contributed by atoms with Gasteiger partial charge in [0.05, 0.1) is 13.7 Å². The van der Waals surface area contributed by atoms with Crippen LogP contribution in [0.4, 0.5) is 0 Å². The van der Waals surface area contributed by atoms with Crippen molar-refractivity contribution in [1.29, 1.82) is 0 Å². The number of methoxy groups -OCH3 is 1. The van der Waals surface area contributed by atoms with Gasteiger partial charge in [0.1, 0.15) is 12.9 Å². The van der Waals surface area contributed by atoms with E-state index in [1.807, 2.05) is 17.6 Å². The molecule has 1 heterocycles. The lowest BCUT2D eigenvalue weighted by atomic mass is 10.1. The van der Waals surface area contributed by atoms with E-state index in [0.29, 0.717) is 13.2 Å². The Morgan fingerprint density at radius 1 is 1.17 bits per heavy atom. The Bertz CT molecular complexity index is 750. The minimum Gasteiger partial charge on any atom is -0.493 e. The van der Waals surface area contributed by atoms with E-state index in [0.717, 1.165) is 55.8 Å². The number of halogens is 1. The summed E-state index contributed by atoms with van der Waals surface area (Å²) in [7, 11) is 1.66. The van der Waals surface area contributed by atoms with E-state index in [2.05, 4.69) is 51.8 Å². The molecule has 0 unspecified atom stereocenters. The number of benzene rings is 1. The summed E-state index contributed by atoms with van der Waals surface area (Å²) < 4.78 is 13.0. The van der Waals surface area contributed by atoms with Gasteiger partial charge < -0.3 is 24.7 Å². The van der Waals surface area contributed by atoms with Crippen LogP contribution in [0.15, 0.2) is 29.5 Å². The van der Waals surface area contributed by atoms with E-state index in [1.54, 1.807) is 13.4 Å². The highest BCUT2D eigenvalue weighted by molar-refractivity contribution is 14.0. The number of aromatic nitrogens is 3. The molecule has 2 N–H and O–H groups in total. The smallest absolute Gasteiger partial charge is 0.191 e. The van der Waals surface area contributed by atoms with Crippen molar-refractivity contribution < 1.29 is 9.47 Å². The number of hydrogen-bond acceptors (Lipinski definition) is 5. The molecule has 0 spiro atoms. The molecule has 0 aliphatic heterocycles. The Morgan fingerprint density at radius 3 is 2.69 bits per heavy atom. The van der Waals surface area contributed by atoms with Gasteiger partial charge in [0.15, 0.2) is 23.3 Å². The third-order valence-corrected chi connectivity index (χ3v) is 4.22. The third kappa shape index (κ3) is 8.08. The number of aryl methyl sites for hydroxylation is 2. The van der Waals surface area contributed by atoms with Crippen LogP contribution in [0.1, 0.15) is 38.6 Å². The van der Waals surface area contributed by atoms with Crippen molar-refractivity contribution in [3.63, 3.8) is 0 Å². The number of aliphatic imine (C=N–C) groups is 1. The Kier molecular flexibility index (Phi) is 12.1. The van der Waals surface area contributed by atoms with Crippen molar-refractivity contribution >= 4 is 29.9 Å². The molecule has 2 rings (SSSR count). The van der Waals surface area contributed by atoms with Crippen LogP contribution in [0.25, 0.3) is 0 Å². The van der Waals surface area contributed by atoms with Crippen LogP contribution in [0.3, 0.4) is 0 Å². The molecule has 0 saturated carbocycles. The van der Waals surface area contributed by atoms with Gasteiger partial charge in [-0.05, 0) is 51.3 Å². The van der Waals surface area contributed by atoms with E-state index < -0.39 is 0 Å². The fourth-order valence-corrected chi connectivity index (χ4v) is 2.80. The maximum Gasteiger partial charge on any atom is 0.191 e. The molecule has 0 bridgehead atoms. The minimum atomic E-state index is 0. The number of rotatable bonds is 11. The molecule has 1 aromatic heterocycles. The topological polar surface area (TPSA) is 85.6 Å². The summed E-state index contributed by atoms with van der Waals surface area (Å²) >= 11 is 0. The van der Waals surface area contributed by atoms with Crippen LogP contribution in [-0.2, 0) is 19.5 Å². The van der Waals surface area contributed by atoms with Crippen molar-refractivity contribution in [3.05, 3.63) is 35.9 Å². The molecule has 0 amide bonds. The number of nitrogens with zero attached hydrogens (tertiary/aromatic N) is 4. The van der Waals surface area contributed by atoms with Crippen molar-refractivity contribution in [1.82, 2.24) is 25.4 Å². The molecule has 0 saturated heterocycles. The zero-order chi connectivity index (χ0) is 20.2. The SMILES string of the molecule is CCNC(=NCc1nncn1CC)NCCCc1ccc(OC)c(OCC)c1.I. The first-order chi connectivity index (χ1) is 13.7. The van der Waals surface area contributed by atoms with Crippen molar-refractivity contribution in [3.8, 4) is 11.5 Å². The number of nitrogens with one attached hydrogen (secondary N) is 2. The Balaban J connectivity index is 0.00000420. The molecular weight excluding hydrogens is 483 g/mol. The van der Waals surface area contributed by atoms with Crippen molar-refractivity contribution in [2.24, 2.45) is 4.99 Å². The van der Waals surface area contributed by atoms with Gasteiger partial charge in [0.2, 0.25) is 0 Å². The van der Waals surface area contributed by atoms with Crippen LogP contribution in [0, 0.1) is 0 Å². The van der Waals surface area contributed by atoms with Crippen LogP contribution in [0.5, 0.6) is 11.5 Å². The van der Waals surface area contributed by atoms with Crippen molar-refractivity contribution in [2.45, 2.75) is 46.7 Å². The summed E-state index contributed by atoms with van der Waals surface area (Å²) in [5.41, 5.74) is 1.23. The Hall–Kier alpha value is -2.04. The lowest BCUT2D eigenvalue weighted by Gasteiger charge is -2.13. The van der Waals surface area contributed by atoms with Gasteiger partial charge in [-0.15, -0.1) is 34.2 Å². The molecule has 0 fully saturated rings. The second kappa shape index (κ2) is 14.0. The fourth-order valence-electron chi connectivity index (χ4n) is 2.80. The highest BCUT2D eigenvalue weighted by Crippen LogP contribution is 2.28. The van der Waals surface area contributed by atoms with E-state index in [9.17, 15) is 0 Å². The highest BCUT2D eigenvalue weighted by Gasteiger charge is 2.06. The molecule has 0 aliphatic carbocycles. The molecule has 8 nitrogen and oxygen atoms in total. The number of guanidine groups is 1. The molecule has 162 valence electrons. The van der Waals surface area contributed by atoms with Gasteiger partial charge in [-0.2, -0.15) is 0 Å².